The normalized spacial score (nSPS) is 24.5. The molecule has 2 aromatic carbocycles. The topological polar surface area (TPSA) is 55.4 Å². The molecule has 35 heavy (non-hydrogen) atoms. The number of rotatable bonds is 16. The van der Waals surface area contributed by atoms with E-state index in [-0.39, 0.29) is 18.3 Å². The van der Waals surface area contributed by atoms with E-state index < -0.39 is 12.4 Å². The monoisotopic (exact) mass is 486 g/mol. The lowest BCUT2D eigenvalue weighted by Crippen LogP contribution is -2.61. The number of methoxy groups -OCH3 is 1. The Morgan fingerprint density at radius 3 is 1.83 bits per heavy atom. The molecule has 1 saturated heterocycles. The van der Waals surface area contributed by atoms with E-state index in [1.165, 1.54) is 0 Å². The van der Waals surface area contributed by atoms with Crippen molar-refractivity contribution in [3.8, 4) is 0 Å². The van der Waals surface area contributed by atoms with Crippen molar-refractivity contribution in [2.24, 2.45) is 0 Å². The van der Waals surface area contributed by atoms with Gasteiger partial charge >= 0.3 is 0 Å². The molecule has 1 aliphatic rings. The van der Waals surface area contributed by atoms with Gasteiger partial charge in [-0.05, 0) is 24.0 Å². The largest absolute Gasteiger partial charge is 0.379 e. The quantitative estimate of drug-likeness (QED) is 0.291. The molecule has 2 aromatic rings. The molecule has 0 unspecified atom stereocenters. The number of unbranched alkanes of at least 4 members (excludes halogenated alkanes) is 2. The van der Waals surface area contributed by atoms with Crippen molar-refractivity contribution in [1.82, 2.24) is 0 Å². The minimum absolute atomic E-state index is 0.314. The van der Waals surface area contributed by atoms with Crippen molar-refractivity contribution in [3.05, 3.63) is 71.8 Å². The number of hydrogen-bond donors (Lipinski definition) is 0. The van der Waals surface area contributed by atoms with Crippen LogP contribution < -0.4 is 0 Å². The fourth-order valence-electron chi connectivity index (χ4n) is 4.11. The Bertz CT molecular complexity index is 786. The van der Waals surface area contributed by atoms with Crippen LogP contribution in [0.25, 0.3) is 0 Å². The highest BCUT2D eigenvalue weighted by molar-refractivity contribution is 5.14. The van der Waals surface area contributed by atoms with Gasteiger partial charge in [-0.2, -0.15) is 0 Å². The van der Waals surface area contributed by atoms with E-state index >= 15 is 0 Å². The van der Waals surface area contributed by atoms with Gasteiger partial charge in [-0.3, -0.25) is 0 Å². The van der Waals surface area contributed by atoms with Crippen LogP contribution in [-0.4, -0.2) is 57.6 Å². The maximum Gasteiger partial charge on any atom is 0.186 e. The van der Waals surface area contributed by atoms with Crippen LogP contribution >= 0.6 is 0 Å². The van der Waals surface area contributed by atoms with Crippen molar-refractivity contribution in [2.75, 3.05) is 26.9 Å². The van der Waals surface area contributed by atoms with E-state index in [0.29, 0.717) is 33.0 Å². The molecule has 0 amide bonds. The third-order valence-electron chi connectivity index (χ3n) is 6.13. The lowest BCUT2D eigenvalue weighted by atomic mass is 9.98. The van der Waals surface area contributed by atoms with Gasteiger partial charge in [-0.1, -0.05) is 87.4 Å². The highest BCUT2D eigenvalue weighted by Crippen LogP contribution is 2.30. The molecule has 6 heteroatoms. The summed E-state index contributed by atoms with van der Waals surface area (Å²) >= 11 is 0. The summed E-state index contributed by atoms with van der Waals surface area (Å²) in [5.74, 6) is 0. The van der Waals surface area contributed by atoms with Gasteiger partial charge in [0.25, 0.3) is 0 Å². The van der Waals surface area contributed by atoms with E-state index in [1.54, 1.807) is 7.11 Å². The average molecular weight is 487 g/mol. The van der Waals surface area contributed by atoms with E-state index in [2.05, 4.69) is 26.0 Å². The summed E-state index contributed by atoms with van der Waals surface area (Å²) in [5.41, 5.74) is 2.18. The molecule has 5 atom stereocenters. The Balaban J connectivity index is 1.80. The third kappa shape index (κ3) is 8.98. The molecule has 6 nitrogen and oxygen atoms in total. The van der Waals surface area contributed by atoms with Crippen LogP contribution in [0.2, 0.25) is 0 Å². The van der Waals surface area contributed by atoms with Crippen LogP contribution in [0.15, 0.2) is 60.7 Å². The Labute approximate surface area is 210 Å². The minimum atomic E-state index is -0.592. The zero-order chi connectivity index (χ0) is 24.7. The predicted molar refractivity (Wildman–Crippen MR) is 136 cm³/mol. The summed E-state index contributed by atoms with van der Waals surface area (Å²) in [6.45, 7) is 6.93. The van der Waals surface area contributed by atoms with Crippen LogP contribution in [-0.2, 0) is 41.6 Å². The first-order chi connectivity index (χ1) is 17.3. The molecule has 0 bridgehead atoms. The zero-order valence-electron chi connectivity index (χ0n) is 21.5. The van der Waals surface area contributed by atoms with Gasteiger partial charge in [0, 0.05) is 20.3 Å². The molecule has 3 rings (SSSR count). The maximum absolute atomic E-state index is 6.54. The smallest absolute Gasteiger partial charge is 0.186 e. The van der Waals surface area contributed by atoms with E-state index in [9.17, 15) is 0 Å². The van der Waals surface area contributed by atoms with E-state index in [0.717, 1.165) is 36.8 Å². The number of hydrogen-bond acceptors (Lipinski definition) is 6. The third-order valence-corrected chi connectivity index (χ3v) is 6.13. The molecule has 1 fully saturated rings. The molecule has 0 radical (unpaired) electrons. The van der Waals surface area contributed by atoms with Gasteiger partial charge in [-0.25, -0.2) is 0 Å². The van der Waals surface area contributed by atoms with Crippen molar-refractivity contribution in [2.45, 2.75) is 83.5 Å². The second-order valence-corrected chi connectivity index (χ2v) is 8.92. The predicted octanol–water partition coefficient (Wildman–Crippen LogP) is 5.53. The summed E-state index contributed by atoms with van der Waals surface area (Å²) in [6, 6.07) is 20.3. The zero-order valence-corrected chi connectivity index (χ0v) is 21.5. The van der Waals surface area contributed by atoms with Crippen LogP contribution in [0.5, 0.6) is 0 Å². The van der Waals surface area contributed by atoms with Crippen molar-refractivity contribution >= 4 is 0 Å². The van der Waals surface area contributed by atoms with Crippen molar-refractivity contribution < 1.29 is 28.4 Å². The van der Waals surface area contributed by atoms with Crippen molar-refractivity contribution in [3.63, 3.8) is 0 Å². The number of benzene rings is 2. The Morgan fingerprint density at radius 1 is 0.686 bits per heavy atom. The first-order valence-corrected chi connectivity index (χ1v) is 13.0. The molecule has 0 N–H and O–H groups in total. The summed E-state index contributed by atoms with van der Waals surface area (Å²) in [4.78, 5) is 0. The standard InChI is InChI=1S/C29H42O6/c1-4-6-18-31-22-25-26(32-19-7-5-2)27(33-20-23-14-10-8-11-15-23)28(29(30-3)35-25)34-21-24-16-12-9-13-17-24/h8-17,25-29H,4-7,18-22H2,1-3H3/t25-,26-,27+,28-,29+/m1/s1. The second kappa shape index (κ2) is 16.0. The van der Waals surface area contributed by atoms with Gasteiger partial charge in [0.1, 0.15) is 24.4 Å². The lowest BCUT2D eigenvalue weighted by molar-refractivity contribution is -0.321. The molecule has 0 spiro atoms. The molecular weight excluding hydrogens is 444 g/mol. The molecule has 0 saturated carbocycles. The lowest BCUT2D eigenvalue weighted by Gasteiger charge is -2.45. The van der Waals surface area contributed by atoms with Crippen LogP contribution in [0.4, 0.5) is 0 Å². The first-order valence-electron chi connectivity index (χ1n) is 13.0. The van der Waals surface area contributed by atoms with Gasteiger partial charge in [0.2, 0.25) is 0 Å². The highest BCUT2D eigenvalue weighted by Gasteiger charge is 2.48. The summed E-state index contributed by atoms with van der Waals surface area (Å²) < 4.78 is 37.4. The fourth-order valence-corrected chi connectivity index (χ4v) is 4.11. The average Bonchev–Trinajstić information content (AvgIpc) is 2.90. The highest BCUT2D eigenvalue weighted by atomic mass is 16.7. The van der Waals surface area contributed by atoms with Crippen LogP contribution in [0.1, 0.15) is 50.7 Å². The second-order valence-electron chi connectivity index (χ2n) is 8.92. The summed E-state index contributed by atoms with van der Waals surface area (Å²) in [7, 11) is 1.64. The number of ether oxygens (including phenoxy) is 6. The molecule has 0 aliphatic carbocycles. The molecule has 0 aromatic heterocycles. The summed E-state index contributed by atoms with van der Waals surface area (Å²) in [6.07, 6.45) is 2.04. The minimum Gasteiger partial charge on any atom is -0.379 e. The van der Waals surface area contributed by atoms with Crippen LogP contribution in [0.3, 0.4) is 0 Å². The van der Waals surface area contributed by atoms with Gasteiger partial charge < -0.3 is 28.4 Å². The molecule has 194 valence electrons. The SMILES string of the molecule is CCCCOC[C@H]1O[C@H](OC)[C@H](OCc2ccccc2)[C@@H](OCc2ccccc2)[C@@H]1OCCCC. The fraction of sp³-hybridized carbons (Fsp3) is 0.586. The molecular formula is C29H42O6. The Kier molecular flexibility index (Phi) is 12.7. The van der Waals surface area contributed by atoms with Crippen molar-refractivity contribution in [1.29, 1.82) is 0 Å². The summed E-state index contributed by atoms with van der Waals surface area (Å²) in [5, 5.41) is 0. The Hall–Kier alpha value is -1.80. The molecule has 1 heterocycles. The van der Waals surface area contributed by atoms with E-state index in [4.69, 9.17) is 28.4 Å². The van der Waals surface area contributed by atoms with Crippen LogP contribution in [0, 0.1) is 0 Å². The Morgan fingerprint density at radius 2 is 1.26 bits per heavy atom. The van der Waals surface area contributed by atoms with Gasteiger partial charge in [0.15, 0.2) is 6.29 Å². The first kappa shape index (κ1) is 27.8. The maximum atomic E-state index is 6.54. The molecule has 1 aliphatic heterocycles. The van der Waals surface area contributed by atoms with Gasteiger partial charge in [0.05, 0.1) is 19.8 Å². The van der Waals surface area contributed by atoms with E-state index in [1.807, 2.05) is 48.5 Å². The van der Waals surface area contributed by atoms with Gasteiger partial charge in [-0.15, -0.1) is 0 Å².